The SMILES string of the molecule is O=C(NCc1nnc(C2CC2)n1C1CC1)C1OCCc2ccccc21. The number of nitrogens with zero attached hydrogens (tertiary/aromatic N) is 3. The number of aromatic nitrogens is 3. The van der Waals surface area contributed by atoms with E-state index in [2.05, 4.69) is 26.1 Å². The molecule has 1 aromatic heterocycles. The third-order valence-corrected chi connectivity index (χ3v) is 5.30. The maximum absolute atomic E-state index is 12.7. The predicted molar refractivity (Wildman–Crippen MR) is 91.0 cm³/mol. The molecule has 1 aliphatic heterocycles. The second kappa shape index (κ2) is 5.95. The van der Waals surface area contributed by atoms with Gasteiger partial charge in [-0.2, -0.15) is 0 Å². The van der Waals surface area contributed by atoms with Gasteiger partial charge in [-0.1, -0.05) is 24.3 Å². The van der Waals surface area contributed by atoms with Crippen molar-refractivity contribution in [3.63, 3.8) is 0 Å². The van der Waals surface area contributed by atoms with Crippen molar-refractivity contribution in [2.75, 3.05) is 6.61 Å². The molecule has 130 valence electrons. The number of carbonyl (C=O) groups excluding carboxylic acids is 1. The Bertz CT molecular complexity index is 808. The van der Waals surface area contributed by atoms with E-state index >= 15 is 0 Å². The zero-order valence-electron chi connectivity index (χ0n) is 14.1. The second-order valence-corrected chi connectivity index (χ2v) is 7.27. The number of carbonyl (C=O) groups is 1. The summed E-state index contributed by atoms with van der Waals surface area (Å²) in [6.07, 6.45) is 5.15. The fraction of sp³-hybridized carbons (Fsp3) is 0.526. The summed E-state index contributed by atoms with van der Waals surface area (Å²) in [6, 6.07) is 8.56. The van der Waals surface area contributed by atoms with Crippen molar-refractivity contribution < 1.29 is 9.53 Å². The first-order chi connectivity index (χ1) is 12.3. The summed E-state index contributed by atoms with van der Waals surface area (Å²) in [5.74, 6) is 2.48. The molecule has 2 aromatic rings. The minimum absolute atomic E-state index is 0.0922. The molecule has 6 heteroatoms. The second-order valence-electron chi connectivity index (χ2n) is 7.27. The number of amides is 1. The van der Waals surface area contributed by atoms with Gasteiger partial charge in [0.15, 0.2) is 11.9 Å². The van der Waals surface area contributed by atoms with E-state index in [1.54, 1.807) is 0 Å². The summed E-state index contributed by atoms with van der Waals surface area (Å²) in [5.41, 5.74) is 2.18. The molecule has 25 heavy (non-hydrogen) atoms. The van der Waals surface area contributed by atoms with Crippen molar-refractivity contribution in [2.45, 2.75) is 56.7 Å². The number of hydrogen-bond acceptors (Lipinski definition) is 4. The van der Waals surface area contributed by atoms with Gasteiger partial charge >= 0.3 is 0 Å². The Morgan fingerprint density at radius 1 is 1.20 bits per heavy atom. The predicted octanol–water partition coefficient (Wildman–Crippen LogP) is 2.42. The Morgan fingerprint density at radius 3 is 2.84 bits per heavy atom. The van der Waals surface area contributed by atoms with Gasteiger partial charge < -0.3 is 14.6 Å². The van der Waals surface area contributed by atoms with E-state index in [4.69, 9.17) is 4.74 Å². The monoisotopic (exact) mass is 338 g/mol. The lowest BCUT2D eigenvalue weighted by Gasteiger charge is -2.25. The summed E-state index contributed by atoms with van der Waals surface area (Å²) >= 11 is 0. The molecule has 1 N–H and O–H groups in total. The van der Waals surface area contributed by atoms with Crippen LogP contribution in [0.1, 0.15) is 66.5 Å². The molecular formula is C19H22N4O2. The molecule has 2 fully saturated rings. The molecule has 2 heterocycles. The summed E-state index contributed by atoms with van der Waals surface area (Å²) in [5, 5.41) is 11.8. The van der Waals surface area contributed by atoms with E-state index in [1.165, 1.54) is 31.2 Å². The number of hydrogen-bond donors (Lipinski definition) is 1. The summed E-state index contributed by atoms with van der Waals surface area (Å²) in [6.45, 7) is 0.996. The number of fused-ring (bicyclic) bond motifs is 1. The quantitative estimate of drug-likeness (QED) is 0.909. The van der Waals surface area contributed by atoms with Crippen molar-refractivity contribution in [3.8, 4) is 0 Å². The molecule has 1 atom stereocenters. The van der Waals surface area contributed by atoms with E-state index in [0.29, 0.717) is 25.1 Å². The average molecular weight is 338 g/mol. The minimum Gasteiger partial charge on any atom is -0.363 e. The number of benzene rings is 1. The van der Waals surface area contributed by atoms with Crippen LogP contribution in [0.15, 0.2) is 24.3 Å². The first kappa shape index (κ1) is 15.1. The van der Waals surface area contributed by atoms with E-state index in [9.17, 15) is 4.79 Å². The molecule has 6 nitrogen and oxygen atoms in total. The smallest absolute Gasteiger partial charge is 0.254 e. The van der Waals surface area contributed by atoms with Gasteiger partial charge in [-0.05, 0) is 43.2 Å². The third-order valence-electron chi connectivity index (χ3n) is 5.30. The Balaban J connectivity index is 1.32. The van der Waals surface area contributed by atoms with Crippen molar-refractivity contribution in [1.29, 1.82) is 0 Å². The number of ether oxygens (including phenoxy) is 1. The van der Waals surface area contributed by atoms with E-state index in [1.807, 2.05) is 18.2 Å². The Labute approximate surface area is 146 Å². The van der Waals surface area contributed by atoms with Crippen LogP contribution in [0.5, 0.6) is 0 Å². The fourth-order valence-electron chi connectivity index (χ4n) is 3.68. The van der Waals surface area contributed by atoms with Gasteiger partial charge in [0.2, 0.25) is 0 Å². The topological polar surface area (TPSA) is 69.0 Å². The minimum atomic E-state index is -0.523. The molecule has 0 spiro atoms. The summed E-state index contributed by atoms with van der Waals surface area (Å²) < 4.78 is 8.01. The van der Waals surface area contributed by atoms with Crippen molar-refractivity contribution in [3.05, 3.63) is 47.0 Å². The maximum Gasteiger partial charge on any atom is 0.254 e. The van der Waals surface area contributed by atoms with Crippen LogP contribution >= 0.6 is 0 Å². The van der Waals surface area contributed by atoms with Crippen LogP contribution in [-0.4, -0.2) is 27.3 Å². The van der Waals surface area contributed by atoms with Crippen LogP contribution in [0.3, 0.4) is 0 Å². The normalized spacial score (nSPS) is 22.5. The highest BCUT2D eigenvalue weighted by Gasteiger charge is 2.36. The number of rotatable bonds is 5. The lowest BCUT2D eigenvalue weighted by atomic mass is 9.97. The Kier molecular flexibility index (Phi) is 3.59. The molecule has 3 aliphatic rings. The van der Waals surface area contributed by atoms with Gasteiger partial charge in [0.25, 0.3) is 5.91 Å². The largest absolute Gasteiger partial charge is 0.363 e. The van der Waals surface area contributed by atoms with Crippen molar-refractivity contribution in [1.82, 2.24) is 20.1 Å². The summed E-state index contributed by atoms with van der Waals surface area (Å²) in [7, 11) is 0. The van der Waals surface area contributed by atoms with Crippen LogP contribution in [0.4, 0.5) is 0 Å². The van der Waals surface area contributed by atoms with Crippen molar-refractivity contribution in [2.24, 2.45) is 0 Å². The van der Waals surface area contributed by atoms with Crippen LogP contribution in [0, 0.1) is 0 Å². The van der Waals surface area contributed by atoms with Crippen LogP contribution in [-0.2, 0) is 22.5 Å². The molecule has 5 rings (SSSR count). The van der Waals surface area contributed by atoms with Crippen LogP contribution in [0.25, 0.3) is 0 Å². The van der Waals surface area contributed by atoms with E-state index in [-0.39, 0.29) is 5.91 Å². The molecule has 0 bridgehead atoms. The lowest BCUT2D eigenvalue weighted by Crippen LogP contribution is -2.34. The van der Waals surface area contributed by atoms with Gasteiger partial charge in [0.1, 0.15) is 5.82 Å². The first-order valence-corrected chi connectivity index (χ1v) is 9.22. The number of nitrogens with one attached hydrogen (secondary N) is 1. The van der Waals surface area contributed by atoms with Gasteiger partial charge in [-0.3, -0.25) is 4.79 Å². The van der Waals surface area contributed by atoms with E-state index < -0.39 is 6.10 Å². The standard InChI is InChI=1S/C19H22N4O2/c24-19(17-15-4-2-1-3-12(15)9-10-25-17)20-11-16-21-22-18(13-5-6-13)23(16)14-7-8-14/h1-4,13-14,17H,5-11H2,(H,20,24). The zero-order valence-corrected chi connectivity index (χ0v) is 14.1. The van der Waals surface area contributed by atoms with Crippen molar-refractivity contribution >= 4 is 5.91 Å². The molecule has 0 radical (unpaired) electrons. The Hall–Kier alpha value is -2.21. The fourth-order valence-corrected chi connectivity index (χ4v) is 3.68. The first-order valence-electron chi connectivity index (χ1n) is 9.22. The molecule has 0 saturated heterocycles. The van der Waals surface area contributed by atoms with Gasteiger partial charge in [0, 0.05) is 12.0 Å². The average Bonchev–Trinajstić information content (AvgIpc) is 3.58. The van der Waals surface area contributed by atoms with Gasteiger partial charge in [-0.15, -0.1) is 10.2 Å². The van der Waals surface area contributed by atoms with Gasteiger partial charge in [-0.25, -0.2) is 0 Å². The van der Waals surface area contributed by atoms with Crippen LogP contribution in [0.2, 0.25) is 0 Å². The molecule has 1 aromatic carbocycles. The molecular weight excluding hydrogens is 316 g/mol. The van der Waals surface area contributed by atoms with E-state index in [0.717, 1.165) is 23.6 Å². The third kappa shape index (κ3) is 2.84. The van der Waals surface area contributed by atoms with Gasteiger partial charge in [0.05, 0.1) is 13.2 Å². The lowest BCUT2D eigenvalue weighted by molar-refractivity contribution is -0.134. The molecule has 2 aliphatic carbocycles. The molecule has 2 saturated carbocycles. The zero-order chi connectivity index (χ0) is 16.8. The van der Waals surface area contributed by atoms with Crippen LogP contribution < -0.4 is 5.32 Å². The summed E-state index contributed by atoms with van der Waals surface area (Å²) in [4.78, 5) is 12.7. The Morgan fingerprint density at radius 2 is 2.04 bits per heavy atom. The highest BCUT2D eigenvalue weighted by atomic mass is 16.5. The molecule has 1 unspecified atom stereocenters. The highest BCUT2D eigenvalue weighted by molar-refractivity contribution is 5.82. The highest BCUT2D eigenvalue weighted by Crippen LogP contribution is 2.44. The molecule has 1 amide bonds. The maximum atomic E-state index is 12.7.